The first-order valence-electron chi connectivity index (χ1n) is 6.69. The number of rotatable bonds is 5. The van der Waals surface area contributed by atoms with E-state index in [9.17, 15) is 10.2 Å². The Morgan fingerprint density at radius 1 is 1.31 bits per heavy atom. The fourth-order valence-electron chi connectivity index (χ4n) is 2.60. The molecule has 2 N–H and O–H groups in total. The lowest BCUT2D eigenvalue weighted by atomic mass is 9.77. The summed E-state index contributed by atoms with van der Waals surface area (Å²) in [4.78, 5) is 0. The number of unbranched alkanes of at least 4 members (excludes halogenated alkanes) is 1. The van der Waals surface area contributed by atoms with Crippen molar-refractivity contribution < 1.29 is 10.2 Å². The third kappa shape index (κ3) is 3.33. The van der Waals surface area contributed by atoms with Crippen molar-refractivity contribution in [2.24, 2.45) is 0 Å². The highest BCUT2D eigenvalue weighted by molar-refractivity contribution is 5.13. The Morgan fingerprint density at radius 3 is 2.44 bits per heavy atom. The normalized spacial score (nSPS) is 23.1. The van der Waals surface area contributed by atoms with Crippen molar-refractivity contribution in [3.05, 3.63) is 11.6 Å². The monoisotopic (exact) mass is 226 g/mol. The minimum absolute atomic E-state index is 0.649. The van der Waals surface area contributed by atoms with Gasteiger partial charge in [0.25, 0.3) is 0 Å². The van der Waals surface area contributed by atoms with Crippen LogP contribution < -0.4 is 0 Å². The van der Waals surface area contributed by atoms with Crippen LogP contribution in [0.5, 0.6) is 0 Å². The molecule has 0 radical (unpaired) electrons. The Kier molecular flexibility index (Phi) is 5.50. The molecular weight excluding hydrogens is 200 g/mol. The fourth-order valence-corrected chi connectivity index (χ4v) is 2.60. The number of aliphatic hydroxyl groups excluding tert-OH is 1. The first-order valence-corrected chi connectivity index (χ1v) is 6.69. The quantitative estimate of drug-likeness (QED) is 0.707. The van der Waals surface area contributed by atoms with Crippen LogP contribution in [0.4, 0.5) is 0 Å². The van der Waals surface area contributed by atoms with Crippen molar-refractivity contribution in [1.82, 2.24) is 0 Å². The van der Waals surface area contributed by atoms with Crippen molar-refractivity contribution >= 4 is 0 Å². The topological polar surface area (TPSA) is 40.5 Å². The Balaban J connectivity index is 2.62. The van der Waals surface area contributed by atoms with Crippen molar-refractivity contribution in [3.63, 3.8) is 0 Å². The number of allylic oxidation sites excluding steroid dienone is 1. The van der Waals surface area contributed by atoms with Crippen LogP contribution >= 0.6 is 0 Å². The van der Waals surface area contributed by atoms with E-state index in [0.717, 1.165) is 50.5 Å². The second-order valence-electron chi connectivity index (χ2n) is 5.03. The van der Waals surface area contributed by atoms with Crippen molar-refractivity contribution in [3.8, 4) is 0 Å². The molecule has 2 heteroatoms. The van der Waals surface area contributed by atoms with E-state index in [0.29, 0.717) is 0 Å². The summed E-state index contributed by atoms with van der Waals surface area (Å²) in [6, 6.07) is 0. The van der Waals surface area contributed by atoms with Crippen LogP contribution in [0.2, 0.25) is 0 Å². The van der Waals surface area contributed by atoms with Gasteiger partial charge in [-0.05, 0) is 38.2 Å². The molecule has 94 valence electrons. The lowest BCUT2D eigenvalue weighted by Crippen LogP contribution is -2.45. The van der Waals surface area contributed by atoms with Crippen molar-refractivity contribution in [2.45, 2.75) is 76.9 Å². The molecule has 2 nitrogen and oxygen atoms in total. The third-order valence-electron chi connectivity index (χ3n) is 3.77. The molecule has 1 unspecified atom stereocenters. The zero-order valence-electron chi connectivity index (χ0n) is 10.7. The van der Waals surface area contributed by atoms with Gasteiger partial charge in [0.1, 0.15) is 6.10 Å². The van der Waals surface area contributed by atoms with Gasteiger partial charge in [-0.15, -0.1) is 0 Å². The minimum Gasteiger partial charge on any atom is -0.387 e. The van der Waals surface area contributed by atoms with E-state index in [-0.39, 0.29) is 0 Å². The average Bonchev–Trinajstić information content (AvgIpc) is 2.31. The van der Waals surface area contributed by atoms with Gasteiger partial charge in [0.05, 0.1) is 5.60 Å². The molecule has 1 rings (SSSR count). The van der Waals surface area contributed by atoms with E-state index in [4.69, 9.17) is 0 Å². The van der Waals surface area contributed by atoms with Crippen molar-refractivity contribution in [1.29, 1.82) is 0 Å². The maximum atomic E-state index is 10.4. The molecule has 1 aliphatic rings. The SMILES string of the molecule is CC=C(CCCC)C(O)C1(O)CCCCC1. The number of hydrogen-bond donors (Lipinski definition) is 2. The second kappa shape index (κ2) is 6.41. The molecule has 0 aromatic heterocycles. The van der Waals surface area contributed by atoms with Crippen LogP contribution in [0.3, 0.4) is 0 Å². The first-order chi connectivity index (χ1) is 7.64. The number of aliphatic hydroxyl groups is 2. The molecule has 1 saturated carbocycles. The van der Waals surface area contributed by atoms with Crippen LogP contribution in [0, 0.1) is 0 Å². The molecule has 0 heterocycles. The molecule has 0 amide bonds. The molecule has 0 aromatic carbocycles. The van der Waals surface area contributed by atoms with Gasteiger partial charge in [-0.1, -0.05) is 38.7 Å². The standard InChI is InChI=1S/C14H26O2/c1-3-5-9-12(4-2)13(15)14(16)10-7-6-8-11-14/h4,13,15-16H,3,5-11H2,1-2H3. The van der Waals surface area contributed by atoms with E-state index in [1.165, 1.54) is 6.42 Å². The molecule has 1 atom stereocenters. The van der Waals surface area contributed by atoms with Crippen LogP contribution in [0.25, 0.3) is 0 Å². The average molecular weight is 226 g/mol. The summed E-state index contributed by atoms with van der Waals surface area (Å²) in [6.07, 6.45) is 9.23. The summed E-state index contributed by atoms with van der Waals surface area (Å²) in [5.74, 6) is 0. The second-order valence-corrected chi connectivity index (χ2v) is 5.03. The van der Waals surface area contributed by atoms with Gasteiger partial charge in [0.15, 0.2) is 0 Å². The lowest BCUT2D eigenvalue weighted by molar-refractivity contribution is -0.0819. The Hall–Kier alpha value is -0.340. The zero-order valence-corrected chi connectivity index (χ0v) is 10.7. The molecule has 0 saturated heterocycles. The smallest absolute Gasteiger partial charge is 0.104 e. The van der Waals surface area contributed by atoms with Crippen LogP contribution in [-0.4, -0.2) is 21.9 Å². The fraction of sp³-hybridized carbons (Fsp3) is 0.857. The maximum Gasteiger partial charge on any atom is 0.104 e. The summed E-state index contributed by atoms with van der Waals surface area (Å²) < 4.78 is 0. The van der Waals surface area contributed by atoms with Gasteiger partial charge < -0.3 is 10.2 Å². The predicted octanol–water partition coefficient (Wildman–Crippen LogP) is 3.18. The van der Waals surface area contributed by atoms with Gasteiger partial charge in [0.2, 0.25) is 0 Å². The van der Waals surface area contributed by atoms with E-state index in [2.05, 4.69) is 6.92 Å². The largest absolute Gasteiger partial charge is 0.387 e. The van der Waals surface area contributed by atoms with Crippen molar-refractivity contribution in [2.75, 3.05) is 0 Å². The molecule has 1 aliphatic carbocycles. The number of hydrogen-bond acceptors (Lipinski definition) is 2. The summed E-state index contributed by atoms with van der Waals surface area (Å²) in [7, 11) is 0. The van der Waals surface area contributed by atoms with Gasteiger partial charge in [-0.25, -0.2) is 0 Å². The molecule has 0 spiro atoms. The first kappa shape index (κ1) is 13.7. The van der Waals surface area contributed by atoms with Crippen LogP contribution in [0.15, 0.2) is 11.6 Å². The van der Waals surface area contributed by atoms with Gasteiger partial charge >= 0.3 is 0 Å². The third-order valence-corrected chi connectivity index (χ3v) is 3.77. The van der Waals surface area contributed by atoms with Gasteiger partial charge in [-0.2, -0.15) is 0 Å². The van der Waals surface area contributed by atoms with Crippen LogP contribution in [0.1, 0.15) is 65.2 Å². The predicted molar refractivity (Wildman–Crippen MR) is 67.3 cm³/mol. The van der Waals surface area contributed by atoms with Gasteiger partial charge in [-0.3, -0.25) is 0 Å². The molecule has 0 bridgehead atoms. The Bertz CT molecular complexity index is 227. The summed E-state index contributed by atoms with van der Waals surface area (Å²) >= 11 is 0. The van der Waals surface area contributed by atoms with E-state index in [1.807, 2.05) is 13.0 Å². The molecule has 1 fully saturated rings. The zero-order chi connectivity index (χ0) is 12.0. The lowest BCUT2D eigenvalue weighted by Gasteiger charge is -2.37. The summed E-state index contributed by atoms with van der Waals surface area (Å²) in [6.45, 7) is 4.11. The summed E-state index contributed by atoms with van der Waals surface area (Å²) in [5.41, 5.74) is 0.166. The highest BCUT2D eigenvalue weighted by atomic mass is 16.3. The highest BCUT2D eigenvalue weighted by Gasteiger charge is 2.38. The Morgan fingerprint density at radius 2 is 1.94 bits per heavy atom. The van der Waals surface area contributed by atoms with E-state index < -0.39 is 11.7 Å². The molecule has 0 aromatic rings. The molecule has 0 aliphatic heterocycles. The highest BCUT2D eigenvalue weighted by Crippen LogP contribution is 2.34. The minimum atomic E-state index is -0.853. The van der Waals surface area contributed by atoms with E-state index >= 15 is 0 Å². The summed E-state index contributed by atoms with van der Waals surface area (Å²) in [5, 5.41) is 20.8. The maximum absolute atomic E-state index is 10.4. The Labute approximate surface area is 99.4 Å². The molecule has 16 heavy (non-hydrogen) atoms. The van der Waals surface area contributed by atoms with E-state index in [1.54, 1.807) is 0 Å². The molecular formula is C14H26O2. The van der Waals surface area contributed by atoms with Gasteiger partial charge in [0, 0.05) is 0 Å². The van der Waals surface area contributed by atoms with Crippen LogP contribution in [-0.2, 0) is 0 Å².